The minimum atomic E-state index is -0.0832. The van der Waals surface area contributed by atoms with Gasteiger partial charge >= 0.3 is 73.7 Å². The van der Waals surface area contributed by atoms with Crippen LogP contribution < -0.4 is 30.6 Å². The Morgan fingerprint density at radius 3 is 0.470 bits per heavy atom. The van der Waals surface area contributed by atoms with Crippen molar-refractivity contribution in [3.8, 4) is 34.5 Å². The van der Waals surface area contributed by atoms with E-state index in [1.165, 1.54) is 0 Å². The monoisotopic (exact) mass is 1620 g/mol. The van der Waals surface area contributed by atoms with E-state index < -0.39 is 0 Å². The molecule has 0 saturated heterocycles. The molecule has 1 N–H and O–H groups in total. The Kier molecular flexibility index (Phi) is 24.8. The van der Waals surface area contributed by atoms with E-state index in [0.29, 0.717) is 67.5 Å². The number of benzene rings is 15. The molecule has 15 rings (SSSR count). The van der Waals surface area contributed by atoms with Crippen LogP contribution in [-0.2, 0) is 0 Å². The quantitative estimate of drug-likeness (QED) is 0.116. The summed E-state index contributed by atoms with van der Waals surface area (Å²) in [6.45, 7) is 0. The number of fused-ring (bicyclic) bond motifs is 6. The molecule has 500 valence electrons. The van der Waals surface area contributed by atoms with Crippen molar-refractivity contribution in [2.75, 3.05) is 7.11 Å². The second-order valence-corrected chi connectivity index (χ2v) is 22.2. The van der Waals surface area contributed by atoms with E-state index in [2.05, 4.69) is 30.0 Å². The zero-order valence-corrected chi connectivity index (χ0v) is 56.6. The average molecular weight is 1630 g/mol. The molecule has 0 aliphatic heterocycles. The molecule has 0 bridgehead atoms. The van der Waals surface area contributed by atoms with Gasteiger partial charge in [0.25, 0.3) is 0 Å². The van der Waals surface area contributed by atoms with Crippen LogP contribution in [0.15, 0.2) is 321 Å². The molecule has 15 heteroatoms. The van der Waals surface area contributed by atoms with Crippen LogP contribution in [0, 0.1) is 73.7 Å². The zero-order chi connectivity index (χ0) is 67.7. The maximum atomic E-state index is 12.5. The molecule has 13 nitrogen and oxygen atoms in total. The van der Waals surface area contributed by atoms with Gasteiger partial charge in [0.15, 0.2) is 0 Å². The minimum Gasteiger partial charge on any atom is -0.872 e. The van der Waals surface area contributed by atoms with Crippen molar-refractivity contribution in [1.29, 1.82) is 0 Å². The molecule has 0 spiro atoms. The predicted octanol–water partition coefficient (Wildman–Crippen LogP) is 16.5. The van der Waals surface area contributed by atoms with Crippen molar-refractivity contribution in [3.63, 3.8) is 0 Å². The molecular weight excluding hydrogens is 1570 g/mol. The Balaban J connectivity index is 0.000000158. The SMILES string of the molecule is CO.[Lu+3].[Lu+3].[O-]c1ccc2ccccc2c1C=Nc1ccccc1N=Cc1c([O-])ccc2ccccc12.[O-]c1ccc2ccccc2c1C=Nc1ccccc1N=Cc1c([O-])ccc2ccccc12.[O-]c1ccc2ccccc2c1C=Nc1ccccc1N=Cc1c([O-])ccc2ccccc12. The molecule has 0 fully saturated rings. The van der Waals surface area contributed by atoms with Crippen molar-refractivity contribution in [2.45, 2.75) is 0 Å². The number of hydrogen-bond donors (Lipinski definition) is 1. The van der Waals surface area contributed by atoms with Crippen molar-refractivity contribution in [3.05, 3.63) is 325 Å². The number of rotatable bonds is 12. The third-order valence-corrected chi connectivity index (χ3v) is 16.2. The van der Waals surface area contributed by atoms with E-state index in [-0.39, 0.29) is 108 Å². The van der Waals surface area contributed by atoms with Crippen LogP contribution in [0.1, 0.15) is 33.4 Å². The van der Waals surface area contributed by atoms with Gasteiger partial charge in [-0.3, -0.25) is 30.0 Å². The van der Waals surface area contributed by atoms with Crippen molar-refractivity contribution in [1.82, 2.24) is 0 Å². The van der Waals surface area contributed by atoms with Gasteiger partial charge in [-0.05, 0) is 134 Å². The summed E-state index contributed by atoms with van der Waals surface area (Å²) in [4.78, 5) is 27.4. The summed E-state index contributed by atoms with van der Waals surface area (Å²) >= 11 is 0. The summed E-state index contributed by atoms with van der Waals surface area (Å²) < 4.78 is 0. The van der Waals surface area contributed by atoms with Gasteiger partial charge in [0.1, 0.15) is 0 Å². The normalized spacial score (nSPS) is 11.3. The molecule has 15 aromatic rings. The standard InChI is InChI=1S/3C28H20N2O2.CH4O.2Lu/c3*31-27-15-13-19-7-1-3-9-21(19)23(27)17-29-25-11-5-6-12-26(25)30-18-24-22-10-4-2-8-20(22)14-16-28(24)32;1-2;;/h3*1-18,31-32H;2H,1H3;;/q;;;;2*+3/p-6. The van der Waals surface area contributed by atoms with Gasteiger partial charge in [-0.1, -0.05) is 289 Å². The van der Waals surface area contributed by atoms with E-state index in [0.717, 1.165) is 71.7 Å². The van der Waals surface area contributed by atoms with Gasteiger partial charge < -0.3 is 35.7 Å². The Morgan fingerprint density at radius 1 is 0.190 bits per heavy atom. The van der Waals surface area contributed by atoms with Gasteiger partial charge in [-0.15, -0.1) is 0 Å². The Bertz CT molecular complexity index is 4730. The summed E-state index contributed by atoms with van der Waals surface area (Å²) in [6.07, 6.45) is 9.56. The summed E-state index contributed by atoms with van der Waals surface area (Å²) in [6, 6.07) is 88.8. The van der Waals surface area contributed by atoms with E-state index in [1.54, 1.807) is 73.7 Å². The predicted molar refractivity (Wildman–Crippen MR) is 391 cm³/mol. The topological polar surface area (TPSA) is 233 Å². The molecule has 0 atom stereocenters. The Labute approximate surface area is 635 Å². The average Bonchev–Trinajstić information content (AvgIpc) is 0.837. The van der Waals surface area contributed by atoms with Crippen LogP contribution >= 0.6 is 0 Å². The fourth-order valence-electron chi connectivity index (χ4n) is 11.3. The van der Waals surface area contributed by atoms with Gasteiger partial charge in [0, 0.05) is 44.4 Å². The van der Waals surface area contributed by atoms with Crippen LogP contribution in [0.2, 0.25) is 0 Å². The number of aliphatic hydroxyl groups is 1. The summed E-state index contributed by atoms with van der Waals surface area (Å²) in [7, 11) is 1.00. The van der Waals surface area contributed by atoms with Crippen molar-refractivity contribution >= 4 is 136 Å². The molecular formula is C85H58Lu2N6O7. The fraction of sp³-hybridized carbons (Fsp3) is 0.0118. The first-order valence-corrected chi connectivity index (χ1v) is 31.2. The number of aliphatic imine (C=N–C) groups is 6. The maximum absolute atomic E-state index is 12.5. The first-order chi connectivity index (χ1) is 48.1. The Morgan fingerprint density at radius 2 is 0.320 bits per heavy atom. The van der Waals surface area contributed by atoms with Gasteiger partial charge in [0.05, 0.1) is 34.1 Å². The van der Waals surface area contributed by atoms with Gasteiger partial charge in [-0.2, -0.15) is 0 Å². The molecule has 0 aliphatic carbocycles. The molecule has 0 aromatic heterocycles. The van der Waals surface area contributed by atoms with Crippen molar-refractivity contribution in [2.24, 2.45) is 30.0 Å². The summed E-state index contributed by atoms with van der Waals surface area (Å²) in [5.74, 6) is -0.499. The third-order valence-electron chi connectivity index (χ3n) is 16.2. The van der Waals surface area contributed by atoms with E-state index >= 15 is 0 Å². The first kappa shape index (κ1) is 71.9. The van der Waals surface area contributed by atoms with Crippen LogP contribution in [0.4, 0.5) is 34.1 Å². The number of nitrogens with zero attached hydrogens (tertiary/aromatic N) is 6. The smallest absolute Gasteiger partial charge is 0.872 e. The molecule has 0 radical (unpaired) electrons. The Hall–Kier alpha value is -10.9. The number of para-hydroxylation sites is 6. The first-order valence-electron chi connectivity index (χ1n) is 31.2. The molecule has 100 heavy (non-hydrogen) atoms. The van der Waals surface area contributed by atoms with Crippen LogP contribution in [0.5, 0.6) is 34.5 Å². The number of aliphatic hydroxyl groups excluding tert-OH is 1. The van der Waals surface area contributed by atoms with E-state index in [4.69, 9.17) is 5.11 Å². The van der Waals surface area contributed by atoms with Gasteiger partial charge in [0.2, 0.25) is 0 Å². The second-order valence-electron chi connectivity index (χ2n) is 22.2. The minimum absolute atomic E-state index is 0. The second kappa shape index (κ2) is 34.5. The third kappa shape index (κ3) is 16.8. The van der Waals surface area contributed by atoms with Crippen LogP contribution in [-0.4, -0.2) is 49.5 Å². The summed E-state index contributed by atoms with van der Waals surface area (Å²) in [5, 5.41) is 92.8. The van der Waals surface area contributed by atoms with E-state index in [9.17, 15) is 30.6 Å². The molecule has 0 unspecified atom stereocenters. The number of hydrogen-bond acceptors (Lipinski definition) is 13. The van der Waals surface area contributed by atoms with Crippen LogP contribution in [0.25, 0.3) is 64.6 Å². The molecule has 0 aliphatic rings. The van der Waals surface area contributed by atoms with Crippen LogP contribution in [0.3, 0.4) is 0 Å². The fourth-order valence-corrected chi connectivity index (χ4v) is 11.3. The summed E-state index contributed by atoms with van der Waals surface area (Å²) in [5.41, 5.74) is 6.93. The largest absolute Gasteiger partial charge is 3.00 e. The maximum Gasteiger partial charge on any atom is 3.00 e. The van der Waals surface area contributed by atoms with Gasteiger partial charge in [-0.25, -0.2) is 0 Å². The zero-order valence-electron chi connectivity index (χ0n) is 53.3. The molecule has 0 saturated carbocycles. The molecule has 0 heterocycles. The van der Waals surface area contributed by atoms with Crippen molar-refractivity contribution < 1.29 is 109 Å². The molecule has 0 amide bonds. The molecule has 15 aromatic carbocycles. The van der Waals surface area contributed by atoms with E-state index in [1.807, 2.05) is 255 Å².